The number of nitrogens with zero attached hydrogens (tertiary/aromatic N) is 1. The van der Waals surface area contributed by atoms with E-state index in [4.69, 9.17) is 28.4 Å². The minimum absolute atomic E-state index is 0.213. The van der Waals surface area contributed by atoms with Gasteiger partial charge in [0.25, 0.3) is 11.8 Å². The third-order valence-electron chi connectivity index (χ3n) is 6.41. The predicted octanol–water partition coefficient (Wildman–Crippen LogP) is 4.97. The van der Waals surface area contributed by atoms with Crippen molar-refractivity contribution in [1.82, 2.24) is 5.43 Å². The SMILES string of the molecule is COc1ccc(C(=O)Oc2ccc(C=NNC(=O)c3cccc(NC(=O)c4cc(OC)c(OC)c(OC)c4)c3)cc2OC)cc1. The van der Waals surface area contributed by atoms with E-state index in [9.17, 15) is 14.4 Å². The van der Waals surface area contributed by atoms with E-state index in [1.807, 2.05) is 0 Å². The van der Waals surface area contributed by atoms with Gasteiger partial charge in [0.1, 0.15) is 5.75 Å². The van der Waals surface area contributed by atoms with Crippen molar-refractivity contribution in [3.8, 4) is 34.5 Å². The molecular weight excluding hydrogens is 582 g/mol. The zero-order valence-corrected chi connectivity index (χ0v) is 25.2. The topological polar surface area (TPSA) is 143 Å². The zero-order chi connectivity index (χ0) is 32.3. The van der Waals surface area contributed by atoms with Crippen LogP contribution in [-0.4, -0.2) is 59.5 Å². The van der Waals surface area contributed by atoms with Crippen LogP contribution in [0.25, 0.3) is 0 Å². The Bertz CT molecular complexity index is 1690. The third-order valence-corrected chi connectivity index (χ3v) is 6.41. The normalized spacial score (nSPS) is 10.5. The Morgan fingerprint density at radius 2 is 1.31 bits per heavy atom. The van der Waals surface area contributed by atoms with E-state index in [2.05, 4.69) is 15.8 Å². The molecule has 0 bridgehead atoms. The average Bonchev–Trinajstić information content (AvgIpc) is 3.08. The summed E-state index contributed by atoms with van der Waals surface area (Å²) in [5.41, 5.74) is 4.27. The van der Waals surface area contributed by atoms with Crippen LogP contribution in [0, 0.1) is 0 Å². The number of methoxy groups -OCH3 is 5. The summed E-state index contributed by atoms with van der Waals surface area (Å²) < 4.78 is 31.9. The number of esters is 1. The number of anilines is 1. The van der Waals surface area contributed by atoms with Crippen molar-refractivity contribution in [2.75, 3.05) is 40.9 Å². The number of amides is 2. The van der Waals surface area contributed by atoms with Crippen LogP contribution in [0.5, 0.6) is 34.5 Å². The first-order valence-corrected chi connectivity index (χ1v) is 13.4. The van der Waals surface area contributed by atoms with Crippen molar-refractivity contribution in [1.29, 1.82) is 0 Å². The number of hydrogen-bond donors (Lipinski definition) is 2. The van der Waals surface area contributed by atoms with Crippen LogP contribution in [-0.2, 0) is 0 Å². The highest BCUT2D eigenvalue weighted by Crippen LogP contribution is 2.38. The maximum Gasteiger partial charge on any atom is 0.343 e. The van der Waals surface area contributed by atoms with Crippen LogP contribution in [0.2, 0.25) is 0 Å². The number of hydrogen-bond acceptors (Lipinski definition) is 10. The summed E-state index contributed by atoms with van der Waals surface area (Å²) in [4.78, 5) is 38.3. The summed E-state index contributed by atoms with van der Waals surface area (Å²) in [5.74, 6) is 0.623. The zero-order valence-electron chi connectivity index (χ0n) is 25.2. The van der Waals surface area contributed by atoms with Gasteiger partial charge in [-0.25, -0.2) is 10.2 Å². The largest absolute Gasteiger partial charge is 0.497 e. The predicted molar refractivity (Wildman–Crippen MR) is 166 cm³/mol. The summed E-state index contributed by atoms with van der Waals surface area (Å²) in [6, 6.07) is 20.7. The minimum atomic E-state index is -0.563. The molecule has 4 rings (SSSR count). The molecule has 2 amide bonds. The lowest BCUT2D eigenvalue weighted by Gasteiger charge is -2.14. The number of carbonyl (C=O) groups excluding carboxylic acids is 3. The van der Waals surface area contributed by atoms with Gasteiger partial charge in [-0.05, 0) is 78.4 Å². The van der Waals surface area contributed by atoms with Crippen molar-refractivity contribution in [2.24, 2.45) is 5.10 Å². The molecule has 0 spiro atoms. The van der Waals surface area contributed by atoms with Crippen molar-refractivity contribution in [3.05, 3.63) is 101 Å². The van der Waals surface area contributed by atoms with Crippen molar-refractivity contribution < 1.29 is 42.8 Å². The molecule has 0 fully saturated rings. The number of rotatable bonds is 12. The van der Waals surface area contributed by atoms with Crippen molar-refractivity contribution >= 4 is 29.7 Å². The highest BCUT2D eigenvalue weighted by Gasteiger charge is 2.18. The Morgan fingerprint density at radius 3 is 1.93 bits per heavy atom. The van der Waals surface area contributed by atoms with Gasteiger partial charge in [-0.3, -0.25) is 9.59 Å². The van der Waals surface area contributed by atoms with Crippen LogP contribution in [0.15, 0.2) is 84.0 Å². The van der Waals surface area contributed by atoms with Gasteiger partial charge in [0, 0.05) is 16.8 Å². The number of ether oxygens (including phenoxy) is 6. The van der Waals surface area contributed by atoms with E-state index in [1.54, 1.807) is 60.7 Å². The highest BCUT2D eigenvalue weighted by molar-refractivity contribution is 6.06. The van der Waals surface area contributed by atoms with Gasteiger partial charge in [-0.1, -0.05) is 6.07 Å². The second kappa shape index (κ2) is 14.9. The van der Waals surface area contributed by atoms with E-state index < -0.39 is 17.8 Å². The molecule has 12 heteroatoms. The minimum Gasteiger partial charge on any atom is -0.497 e. The molecule has 2 N–H and O–H groups in total. The summed E-state index contributed by atoms with van der Waals surface area (Å²) in [6.45, 7) is 0. The Labute approximate surface area is 259 Å². The van der Waals surface area contributed by atoms with Crippen LogP contribution >= 0.6 is 0 Å². The quantitative estimate of drug-likeness (QED) is 0.0980. The third kappa shape index (κ3) is 7.87. The molecule has 4 aromatic rings. The molecule has 12 nitrogen and oxygen atoms in total. The summed E-state index contributed by atoms with van der Waals surface area (Å²) in [6.07, 6.45) is 1.41. The van der Waals surface area contributed by atoms with E-state index >= 15 is 0 Å². The molecule has 0 heterocycles. The second-order valence-corrected chi connectivity index (χ2v) is 9.18. The first-order valence-electron chi connectivity index (χ1n) is 13.4. The smallest absolute Gasteiger partial charge is 0.343 e. The van der Waals surface area contributed by atoms with Crippen molar-refractivity contribution in [2.45, 2.75) is 0 Å². The molecule has 45 heavy (non-hydrogen) atoms. The lowest BCUT2D eigenvalue weighted by atomic mass is 10.1. The number of hydrazone groups is 1. The fourth-order valence-corrected chi connectivity index (χ4v) is 4.12. The van der Waals surface area contributed by atoms with Crippen LogP contribution in [0.1, 0.15) is 36.6 Å². The van der Waals surface area contributed by atoms with Crippen LogP contribution in [0.4, 0.5) is 5.69 Å². The molecule has 0 aromatic heterocycles. The Morgan fingerprint density at radius 1 is 0.622 bits per heavy atom. The first-order chi connectivity index (χ1) is 21.8. The second-order valence-electron chi connectivity index (χ2n) is 9.18. The van der Waals surface area contributed by atoms with E-state index in [0.717, 1.165) is 0 Å². The molecular formula is C33H31N3O9. The fraction of sp³-hybridized carbons (Fsp3) is 0.152. The van der Waals surface area contributed by atoms with E-state index in [0.29, 0.717) is 45.6 Å². The van der Waals surface area contributed by atoms with Gasteiger partial charge in [-0.2, -0.15) is 5.10 Å². The summed E-state index contributed by atoms with van der Waals surface area (Å²) in [7, 11) is 7.36. The first kappa shape index (κ1) is 31.9. The summed E-state index contributed by atoms with van der Waals surface area (Å²) in [5, 5.41) is 6.77. The number of benzene rings is 4. The van der Waals surface area contributed by atoms with Gasteiger partial charge in [0.05, 0.1) is 47.3 Å². The Balaban J connectivity index is 1.39. The lowest BCUT2D eigenvalue weighted by molar-refractivity contribution is 0.0729. The standard InChI is InChI=1S/C33H31N3O9/c1-40-25-12-10-21(11-13-25)33(39)45-26-14-9-20(15-27(26)41-2)19-34-36-32(38)22-7-6-8-24(16-22)35-31(37)23-17-28(42-3)30(44-5)29(18-23)43-4/h6-19H,1-5H3,(H,35,37)(H,36,38). The molecule has 0 aliphatic heterocycles. The van der Waals surface area contributed by atoms with E-state index in [-0.39, 0.29) is 16.9 Å². The molecule has 232 valence electrons. The monoisotopic (exact) mass is 613 g/mol. The van der Waals surface area contributed by atoms with E-state index in [1.165, 1.54) is 60.0 Å². The molecule has 0 radical (unpaired) electrons. The number of nitrogens with one attached hydrogen (secondary N) is 2. The fourth-order valence-electron chi connectivity index (χ4n) is 4.12. The molecule has 0 unspecified atom stereocenters. The highest BCUT2D eigenvalue weighted by atomic mass is 16.6. The molecule has 0 atom stereocenters. The number of carbonyl (C=O) groups is 3. The molecule has 4 aromatic carbocycles. The van der Waals surface area contributed by atoms with Gasteiger partial charge >= 0.3 is 5.97 Å². The Hall–Kier alpha value is -6.04. The van der Waals surface area contributed by atoms with Crippen molar-refractivity contribution in [3.63, 3.8) is 0 Å². The molecule has 0 aliphatic rings. The maximum atomic E-state index is 13.0. The van der Waals surface area contributed by atoms with Gasteiger partial charge in [0.15, 0.2) is 23.0 Å². The van der Waals surface area contributed by atoms with Gasteiger partial charge < -0.3 is 33.7 Å². The lowest BCUT2D eigenvalue weighted by Crippen LogP contribution is -2.18. The Kier molecular flexibility index (Phi) is 10.6. The molecule has 0 saturated carbocycles. The van der Waals surface area contributed by atoms with Gasteiger partial charge in [-0.15, -0.1) is 0 Å². The maximum absolute atomic E-state index is 13.0. The molecule has 0 saturated heterocycles. The van der Waals surface area contributed by atoms with Crippen LogP contribution < -0.4 is 39.2 Å². The average molecular weight is 614 g/mol. The van der Waals surface area contributed by atoms with Crippen LogP contribution in [0.3, 0.4) is 0 Å². The summed E-state index contributed by atoms with van der Waals surface area (Å²) >= 11 is 0. The molecule has 0 aliphatic carbocycles. The van der Waals surface area contributed by atoms with Gasteiger partial charge in [0.2, 0.25) is 5.75 Å².